The average Bonchev–Trinajstić information content (AvgIpc) is 2.76. The van der Waals surface area contributed by atoms with E-state index in [4.69, 9.17) is 4.74 Å². The number of carbonyl (C=O) groups is 1. The maximum absolute atomic E-state index is 11.4. The highest BCUT2D eigenvalue weighted by molar-refractivity contribution is 5.60. The second kappa shape index (κ2) is 4.27. The van der Waals surface area contributed by atoms with E-state index in [1.54, 1.807) is 0 Å². The van der Waals surface area contributed by atoms with E-state index in [2.05, 4.69) is 18.6 Å². The fraction of sp³-hybridized carbons (Fsp3) is 0.923. The third-order valence-corrected chi connectivity index (χ3v) is 4.54. The van der Waals surface area contributed by atoms with Gasteiger partial charge in [-0.25, -0.2) is 4.79 Å². The Balaban J connectivity index is 2.09. The van der Waals surface area contributed by atoms with Crippen molar-refractivity contribution in [1.82, 2.24) is 0 Å². The lowest BCUT2D eigenvalue weighted by Crippen LogP contribution is -2.38. The molecule has 0 N–H and O–H groups in total. The minimum absolute atomic E-state index is 0.261. The van der Waals surface area contributed by atoms with E-state index in [0.29, 0.717) is 5.92 Å². The van der Waals surface area contributed by atoms with Crippen LogP contribution >= 0.6 is 0 Å². The minimum Gasteiger partial charge on any atom is -0.438 e. The van der Waals surface area contributed by atoms with Crippen molar-refractivity contribution in [3.05, 3.63) is 0 Å². The van der Waals surface area contributed by atoms with Gasteiger partial charge in [-0.2, -0.15) is 0 Å². The van der Waals surface area contributed by atoms with Crippen LogP contribution in [0.2, 0.25) is 0 Å². The second-order valence-corrected chi connectivity index (χ2v) is 5.63. The fourth-order valence-electron chi connectivity index (χ4n) is 3.50. The lowest BCUT2D eigenvalue weighted by molar-refractivity contribution is -0.0557. The maximum atomic E-state index is 11.4. The fourth-order valence-corrected chi connectivity index (χ4v) is 3.50. The first-order valence-electron chi connectivity index (χ1n) is 6.34. The number of carbonyl (C=O) groups excluding carboxylic acids is 1. The van der Waals surface area contributed by atoms with Crippen molar-refractivity contribution in [3.8, 4) is 0 Å². The molecule has 2 aliphatic rings. The zero-order valence-corrected chi connectivity index (χ0v) is 10.5. The molecule has 0 saturated heterocycles. The predicted molar refractivity (Wildman–Crippen MR) is 61.1 cm³/mol. The summed E-state index contributed by atoms with van der Waals surface area (Å²) in [6, 6.07) is 0. The van der Waals surface area contributed by atoms with Crippen molar-refractivity contribution < 1.29 is 14.3 Å². The topological polar surface area (TPSA) is 35.5 Å². The summed E-state index contributed by atoms with van der Waals surface area (Å²) in [7, 11) is 1.38. The van der Waals surface area contributed by atoms with Crippen molar-refractivity contribution in [2.75, 3.05) is 7.11 Å². The van der Waals surface area contributed by atoms with E-state index in [9.17, 15) is 4.79 Å². The molecule has 3 nitrogen and oxygen atoms in total. The molecule has 0 aromatic carbocycles. The number of fused-ring (bicyclic) bond motifs is 1. The highest BCUT2D eigenvalue weighted by Gasteiger charge is 2.51. The molecule has 2 fully saturated rings. The molecule has 2 saturated carbocycles. The molecule has 0 heterocycles. The van der Waals surface area contributed by atoms with Gasteiger partial charge in [0.2, 0.25) is 0 Å². The normalized spacial score (nSPS) is 37.5. The number of hydrogen-bond acceptors (Lipinski definition) is 3. The first-order chi connectivity index (χ1) is 7.57. The average molecular weight is 226 g/mol. The Bertz CT molecular complexity index is 260. The summed E-state index contributed by atoms with van der Waals surface area (Å²) in [5, 5.41) is 0. The van der Waals surface area contributed by atoms with E-state index in [1.165, 1.54) is 26.4 Å². The zero-order chi connectivity index (χ0) is 11.8. The Hall–Kier alpha value is -0.730. The van der Waals surface area contributed by atoms with Gasteiger partial charge in [0.25, 0.3) is 0 Å². The SMILES string of the molecule is COC(=O)OC1(C(C)C)CC2CCCC2C1. The van der Waals surface area contributed by atoms with E-state index in [-0.39, 0.29) is 5.60 Å². The van der Waals surface area contributed by atoms with Gasteiger partial charge >= 0.3 is 6.16 Å². The van der Waals surface area contributed by atoms with Crippen LogP contribution in [0.5, 0.6) is 0 Å². The first kappa shape index (κ1) is 11.7. The van der Waals surface area contributed by atoms with Crippen molar-refractivity contribution in [2.45, 2.75) is 51.6 Å². The van der Waals surface area contributed by atoms with Crippen LogP contribution in [0.4, 0.5) is 4.79 Å². The molecular weight excluding hydrogens is 204 g/mol. The van der Waals surface area contributed by atoms with Gasteiger partial charge in [-0.1, -0.05) is 33.1 Å². The third-order valence-electron chi connectivity index (χ3n) is 4.54. The van der Waals surface area contributed by atoms with Crippen LogP contribution < -0.4 is 0 Å². The van der Waals surface area contributed by atoms with Crippen LogP contribution in [-0.4, -0.2) is 18.9 Å². The smallest absolute Gasteiger partial charge is 0.438 e. The highest BCUT2D eigenvalue weighted by Crippen LogP contribution is 2.52. The maximum Gasteiger partial charge on any atom is 0.508 e. The molecule has 16 heavy (non-hydrogen) atoms. The molecule has 3 heteroatoms. The van der Waals surface area contributed by atoms with E-state index >= 15 is 0 Å². The van der Waals surface area contributed by atoms with Gasteiger partial charge in [0.15, 0.2) is 0 Å². The van der Waals surface area contributed by atoms with Crippen LogP contribution in [0, 0.1) is 17.8 Å². The van der Waals surface area contributed by atoms with Gasteiger partial charge in [-0.15, -0.1) is 0 Å². The lowest BCUT2D eigenvalue weighted by atomic mass is 9.86. The predicted octanol–water partition coefficient (Wildman–Crippen LogP) is 3.37. The molecule has 2 unspecified atom stereocenters. The van der Waals surface area contributed by atoms with Gasteiger partial charge in [-0.3, -0.25) is 0 Å². The Morgan fingerprint density at radius 2 is 1.81 bits per heavy atom. The van der Waals surface area contributed by atoms with Gasteiger partial charge < -0.3 is 9.47 Å². The summed E-state index contributed by atoms with van der Waals surface area (Å²) in [6.07, 6.45) is 5.51. The van der Waals surface area contributed by atoms with Crippen LogP contribution in [0.15, 0.2) is 0 Å². The molecule has 0 aromatic rings. The molecular formula is C13H22O3. The van der Waals surface area contributed by atoms with Crippen LogP contribution in [0.1, 0.15) is 46.0 Å². The molecule has 0 aromatic heterocycles. The molecule has 0 aliphatic heterocycles. The molecule has 2 rings (SSSR count). The van der Waals surface area contributed by atoms with E-state index in [1.807, 2.05) is 0 Å². The second-order valence-electron chi connectivity index (χ2n) is 5.63. The quantitative estimate of drug-likeness (QED) is 0.677. The molecule has 0 bridgehead atoms. The Labute approximate surface area is 97.5 Å². The zero-order valence-electron chi connectivity index (χ0n) is 10.5. The van der Waals surface area contributed by atoms with Crippen molar-refractivity contribution in [1.29, 1.82) is 0 Å². The molecule has 2 atom stereocenters. The number of hydrogen-bond donors (Lipinski definition) is 0. The number of methoxy groups -OCH3 is 1. The van der Waals surface area contributed by atoms with Gasteiger partial charge in [0.1, 0.15) is 5.60 Å². The molecule has 0 radical (unpaired) electrons. The molecule has 2 aliphatic carbocycles. The monoisotopic (exact) mass is 226 g/mol. The third kappa shape index (κ3) is 1.92. The Morgan fingerprint density at radius 3 is 2.25 bits per heavy atom. The summed E-state index contributed by atoms with van der Waals surface area (Å²) in [6.45, 7) is 4.29. The summed E-state index contributed by atoms with van der Waals surface area (Å²) < 4.78 is 10.2. The summed E-state index contributed by atoms with van der Waals surface area (Å²) >= 11 is 0. The number of rotatable bonds is 2. The lowest BCUT2D eigenvalue weighted by Gasteiger charge is -2.33. The van der Waals surface area contributed by atoms with Gasteiger partial charge in [0.05, 0.1) is 7.11 Å². The van der Waals surface area contributed by atoms with Crippen LogP contribution in [0.3, 0.4) is 0 Å². The molecule has 0 spiro atoms. The van der Waals surface area contributed by atoms with Gasteiger partial charge in [0, 0.05) is 0 Å². The first-order valence-corrected chi connectivity index (χ1v) is 6.34. The largest absolute Gasteiger partial charge is 0.508 e. The van der Waals surface area contributed by atoms with Crippen molar-refractivity contribution in [2.24, 2.45) is 17.8 Å². The molecule has 0 amide bonds. The van der Waals surface area contributed by atoms with Crippen molar-refractivity contribution in [3.63, 3.8) is 0 Å². The Kier molecular flexibility index (Phi) is 3.13. The highest BCUT2D eigenvalue weighted by atomic mass is 16.7. The summed E-state index contributed by atoms with van der Waals surface area (Å²) in [4.78, 5) is 11.4. The Morgan fingerprint density at radius 1 is 1.25 bits per heavy atom. The minimum atomic E-state index is -0.520. The van der Waals surface area contributed by atoms with Gasteiger partial charge in [-0.05, 0) is 30.6 Å². The number of ether oxygens (including phenoxy) is 2. The van der Waals surface area contributed by atoms with Crippen LogP contribution in [-0.2, 0) is 9.47 Å². The van der Waals surface area contributed by atoms with Crippen molar-refractivity contribution >= 4 is 6.16 Å². The standard InChI is InChI=1S/C13H22O3/c1-9(2)13(16-12(14)15-3)7-10-5-4-6-11(10)8-13/h9-11H,4-8H2,1-3H3. The molecule has 92 valence electrons. The van der Waals surface area contributed by atoms with Crippen LogP contribution in [0.25, 0.3) is 0 Å². The van der Waals surface area contributed by atoms with E-state index < -0.39 is 6.16 Å². The summed E-state index contributed by atoms with van der Waals surface area (Å²) in [5.74, 6) is 1.91. The van der Waals surface area contributed by atoms with E-state index in [0.717, 1.165) is 24.7 Å². The summed E-state index contributed by atoms with van der Waals surface area (Å²) in [5.41, 5.74) is -0.261.